The van der Waals surface area contributed by atoms with Crippen molar-refractivity contribution in [1.82, 2.24) is 38.0 Å². The maximum absolute atomic E-state index is 12.4. The van der Waals surface area contributed by atoms with Crippen LogP contribution >= 0.6 is 0 Å². The molecule has 25 nitrogen and oxygen atoms in total. The van der Waals surface area contributed by atoms with Gasteiger partial charge < -0.3 is 71.9 Å². The predicted octanol–water partition coefficient (Wildman–Crippen LogP) is 20.6. The lowest BCUT2D eigenvalue weighted by atomic mass is 9.85. The number of benzene rings is 10. The van der Waals surface area contributed by atoms with Gasteiger partial charge in [-0.3, -0.25) is 24.0 Å². The van der Waals surface area contributed by atoms with Gasteiger partial charge in [-0.05, 0) is 234 Å². The molecule has 1 saturated carbocycles. The van der Waals surface area contributed by atoms with Crippen molar-refractivity contribution in [3.05, 3.63) is 257 Å². The van der Waals surface area contributed by atoms with E-state index in [1.807, 2.05) is 217 Å². The molecular formula is C108H103N15O10. The molecule has 0 radical (unpaired) electrons. The third kappa shape index (κ3) is 18.1. The summed E-state index contributed by atoms with van der Waals surface area (Å²) in [5.41, 5.74) is 21.0. The molecule has 15 aromatic rings. The minimum absolute atomic E-state index is 0.0674. The molecule has 670 valence electrons. The van der Waals surface area contributed by atoms with Crippen molar-refractivity contribution in [2.24, 2.45) is 5.92 Å². The van der Waals surface area contributed by atoms with Crippen LogP contribution in [-0.4, -0.2) is 137 Å². The number of rotatable bonds is 21. The molecule has 19 rings (SSSR count). The summed E-state index contributed by atoms with van der Waals surface area (Å²) in [7, 11) is 9.73. The maximum Gasteiger partial charge on any atom is 0.253 e. The van der Waals surface area contributed by atoms with E-state index < -0.39 is 0 Å². The lowest BCUT2D eigenvalue weighted by Gasteiger charge is -2.30. The van der Waals surface area contributed by atoms with Crippen LogP contribution in [0.3, 0.4) is 0 Å². The Labute approximate surface area is 772 Å². The molecule has 8 heterocycles. The first-order valence-electron chi connectivity index (χ1n) is 44.8. The number of methoxy groups -OCH3 is 5. The number of likely N-dealkylation sites (tertiary alicyclic amines) is 1. The number of carbonyl (C=O) groups excluding carboxylic acids is 5. The summed E-state index contributed by atoms with van der Waals surface area (Å²) in [5, 5.41) is 59.2. The third-order valence-electron chi connectivity index (χ3n) is 25.3. The molecular weight excluding hydrogens is 1670 g/mol. The van der Waals surface area contributed by atoms with Crippen molar-refractivity contribution >= 4 is 95.4 Å². The molecule has 1 aliphatic carbocycles. The van der Waals surface area contributed by atoms with Crippen LogP contribution in [0.15, 0.2) is 212 Å². The fourth-order valence-corrected chi connectivity index (χ4v) is 18.0. The second-order valence-electron chi connectivity index (χ2n) is 32.5. The zero-order valence-corrected chi connectivity index (χ0v) is 76.5. The van der Waals surface area contributed by atoms with Gasteiger partial charge in [0.2, 0.25) is 11.8 Å². The number of anilines is 2. The highest BCUT2D eigenvalue weighted by atomic mass is 16.5. The second kappa shape index (κ2) is 40.6. The Kier molecular flexibility index (Phi) is 27.9. The van der Waals surface area contributed by atoms with Crippen molar-refractivity contribution in [3.8, 4) is 115 Å². The largest absolute Gasteiger partial charge is 0.497 e. The van der Waals surface area contributed by atoms with E-state index in [4.69, 9.17) is 23.7 Å². The monoisotopic (exact) mass is 1770 g/mol. The lowest BCUT2D eigenvalue weighted by molar-refractivity contribution is -0.122. The normalized spacial score (nSPS) is 12.9. The van der Waals surface area contributed by atoms with Crippen molar-refractivity contribution in [1.29, 1.82) is 26.3 Å². The highest BCUT2D eigenvalue weighted by Gasteiger charge is 2.31. The molecule has 3 aliphatic heterocycles. The topological polar surface area (TPSA) is 309 Å². The molecule has 0 atom stereocenters. The van der Waals surface area contributed by atoms with Crippen LogP contribution in [0.2, 0.25) is 0 Å². The molecule has 0 unspecified atom stereocenters. The fourth-order valence-electron chi connectivity index (χ4n) is 18.0. The second-order valence-corrected chi connectivity index (χ2v) is 32.5. The van der Waals surface area contributed by atoms with Gasteiger partial charge in [0.15, 0.2) is 0 Å². The highest BCUT2D eigenvalue weighted by Crippen LogP contribution is 2.43. The van der Waals surface area contributed by atoms with E-state index >= 15 is 0 Å². The number of ether oxygens (including phenoxy) is 5. The van der Waals surface area contributed by atoms with Crippen molar-refractivity contribution in [2.75, 3.05) is 85.5 Å². The number of nitrogens with zero attached hydrogens (tertiary/aromatic N) is 13. The van der Waals surface area contributed by atoms with Crippen LogP contribution in [0.4, 0.5) is 11.4 Å². The van der Waals surface area contributed by atoms with Crippen LogP contribution in [0.1, 0.15) is 132 Å². The molecule has 5 aromatic heterocycles. The van der Waals surface area contributed by atoms with E-state index in [0.29, 0.717) is 50.9 Å². The van der Waals surface area contributed by atoms with E-state index in [2.05, 4.69) is 91.5 Å². The Morgan fingerprint density at radius 2 is 0.669 bits per heavy atom. The van der Waals surface area contributed by atoms with Crippen LogP contribution in [0, 0.1) is 62.6 Å². The summed E-state index contributed by atoms with van der Waals surface area (Å²) < 4.78 is 37.3. The summed E-state index contributed by atoms with van der Waals surface area (Å²) in [6.07, 6.45) is 5.71. The number of hydrogen-bond acceptors (Lipinski definition) is 15. The molecule has 4 fully saturated rings. The van der Waals surface area contributed by atoms with E-state index in [-0.39, 0.29) is 35.5 Å². The molecule has 4 aliphatic rings. The standard InChI is InChI=1S/C23H23N3O2.2C22H21N3O2.C21H19N3O2.C20H19N3O2/c1-3-26-21-12-11-18(28-2)13-19(21)20(14-24)22(26)15-7-9-17(10-8-15)25-23(27)16-5-4-6-16;1-3-25-20-10-9-17(27-2)13-18(20)19(14-23)21(25)15-5-7-16(8-6-15)22(26)24-11-4-12-24;1-3-24-20-13-17(27-2)10-11-18(20)19(14-23)22(24)15-6-8-16(9-7-15)25-12-4-5-21(25)26;1-3-24-19-9-8-16(26-2)12-17(19)18(13-22)20(24)14-4-6-15(7-5-14)21(25)23-10-11-23;1-4-23-18-10-9-15(25-3)11-16(18)17(12-21)19(23)13-5-7-14(8-6-13)20(24)22-2/h7-13,16H,3-6H2,1-2H3,(H,25,27);5-10,13H,3-4,11-12H2,1-2H3;6-11,13H,3-5,12H2,1-2H3;4-9,12H,3,10-11H2,1-2H3;5-11H,4H2,1-3H3,(H,22,24). The first-order valence-corrected chi connectivity index (χ1v) is 44.8. The quantitative estimate of drug-likeness (QED) is 0.0632. The average Bonchev–Trinajstić information content (AvgIpc) is 1.62. The Morgan fingerprint density at radius 3 is 0.962 bits per heavy atom. The average molecular weight is 1770 g/mol. The minimum atomic E-state index is -0.132. The van der Waals surface area contributed by atoms with E-state index in [0.717, 1.165) is 248 Å². The van der Waals surface area contributed by atoms with Gasteiger partial charge in [-0.2, -0.15) is 26.3 Å². The minimum Gasteiger partial charge on any atom is -0.497 e. The molecule has 25 heteroatoms. The van der Waals surface area contributed by atoms with Crippen LogP contribution in [0.5, 0.6) is 28.7 Å². The fraction of sp³-hybridized carbons (Fsp3) is 0.259. The summed E-state index contributed by atoms with van der Waals surface area (Å²) in [6.45, 7) is 18.2. The lowest BCUT2D eigenvalue weighted by Crippen LogP contribution is -2.41. The van der Waals surface area contributed by atoms with E-state index in [1.54, 1.807) is 59.6 Å². The van der Waals surface area contributed by atoms with E-state index in [1.165, 1.54) is 0 Å². The molecule has 0 spiro atoms. The van der Waals surface area contributed by atoms with Crippen LogP contribution in [-0.2, 0) is 42.3 Å². The van der Waals surface area contributed by atoms with Gasteiger partial charge in [-0.25, -0.2) is 0 Å². The Morgan fingerprint density at radius 1 is 0.353 bits per heavy atom. The number of fused-ring (bicyclic) bond motifs is 5. The first-order chi connectivity index (χ1) is 64.8. The Bertz CT molecular complexity index is 7190. The van der Waals surface area contributed by atoms with Crippen molar-refractivity contribution < 1.29 is 47.7 Å². The number of nitrogens with one attached hydrogen (secondary N) is 2. The Hall–Kier alpha value is -16.3. The van der Waals surface area contributed by atoms with Gasteiger partial charge in [0.1, 0.15) is 59.1 Å². The summed E-state index contributed by atoms with van der Waals surface area (Å²) in [5.74, 6) is 4.14. The zero-order chi connectivity index (χ0) is 93.8. The molecule has 0 bridgehead atoms. The van der Waals surface area contributed by atoms with Gasteiger partial charge in [-0.15, -0.1) is 0 Å². The van der Waals surface area contributed by atoms with Gasteiger partial charge in [0, 0.05) is 146 Å². The van der Waals surface area contributed by atoms with Gasteiger partial charge in [0.05, 0.1) is 119 Å². The van der Waals surface area contributed by atoms with Gasteiger partial charge in [-0.1, -0.05) is 67.1 Å². The van der Waals surface area contributed by atoms with Crippen LogP contribution in [0.25, 0.3) is 111 Å². The number of carbonyl (C=O) groups is 5. The summed E-state index contributed by atoms with van der Waals surface area (Å²) >= 11 is 0. The molecule has 10 aromatic carbocycles. The maximum atomic E-state index is 12.4. The number of amides is 5. The Balaban J connectivity index is 0.000000127. The number of hydrogen-bond donors (Lipinski definition) is 2. The zero-order valence-electron chi connectivity index (χ0n) is 76.5. The number of aromatic nitrogens is 5. The van der Waals surface area contributed by atoms with Crippen LogP contribution < -0.4 is 39.2 Å². The predicted molar refractivity (Wildman–Crippen MR) is 519 cm³/mol. The molecule has 2 N–H and O–H groups in total. The smallest absolute Gasteiger partial charge is 0.253 e. The first kappa shape index (κ1) is 91.5. The van der Waals surface area contributed by atoms with Gasteiger partial charge >= 0.3 is 0 Å². The highest BCUT2D eigenvalue weighted by molar-refractivity contribution is 6.04. The molecule has 3 saturated heterocycles. The summed E-state index contributed by atoms with van der Waals surface area (Å²) in [4.78, 5) is 65.9. The van der Waals surface area contributed by atoms with Crippen molar-refractivity contribution in [3.63, 3.8) is 0 Å². The van der Waals surface area contributed by atoms with E-state index in [9.17, 15) is 50.3 Å². The third-order valence-corrected chi connectivity index (χ3v) is 25.3. The number of aryl methyl sites for hydroxylation is 5. The number of nitriles is 5. The van der Waals surface area contributed by atoms with Crippen molar-refractivity contribution in [2.45, 2.75) is 106 Å². The van der Waals surface area contributed by atoms with Gasteiger partial charge in [0.25, 0.3) is 17.7 Å². The summed E-state index contributed by atoms with van der Waals surface area (Å²) in [6, 6.07) is 78.9. The molecule has 133 heavy (non-hydrogen) atoms. The SMILES string of the molecule is CCn1c(-c2ccc(C(=O)N3CC3)cc2)c(C#N)c2cc(OC)ccc21.CCn1c(-c2ccc(C(=O)N3CCC3)cc2)c(C#N)c2cc(OC)ccc21.CCn1c(-c2ccc(C(=O)NC)cc2)c(C#N)c2cc(OC)ccc21.CCn1c(-c2ccc(N3CCCC3=O)cc2)c(C#N)c2ccc(OC)cc21.CCn1c(-c2ccc(NC(=O)C3CCC3)cc2)c(C#N)c2cc(OC)ccc21. The molecule has 5 amide bonds.